The number of hydrogen-bond donors (Lipinski definition) is 2. The predicted octanol–water partition coefficient (Wildman–Crippen LogP) is 3.66. The molecule has 2 heterocycles. The Balaban J connectivity index is 1.66. The van der Waals surface area contributed by atoms with E-state index in [0.717, 1.165) is 38.1 Å². The number of nitrogens with one attached hydrogen (secondary N) is 2. The number of guanidine groups is 1. The van der Waals surface area contributed by atoms with Gasteiger partial charge in [-0.3, -0.25) is 9.89 Å². The summed E-state index contributed by atoms with van der Waals surface area (Å²) in [5.41, 5.74) is 0. The van der Waals surface area contributed by atoms with Crippen molar-refractivity contribution < 1.29 is 0 Å². The zero-order valence-corrected chi connectivity index (χ0v) is 17.4. The smallest absolute Gasteiger partial charge is 0.191 e. The second kappa shape index (κ2) is 12.6. The van der Waals surface area contributed by atoms with Gasteiger partial charge in [-0.1, -0.05) is 6.07 Å². The van der Waals surface area contributed by atoms with Crippen molar-refractivity contribution >= 4 is 29.1 Å². The van der Waals surface area contributed by atoms with E-state index in [1.807, 2.05) is 23.1 Å². The monoisotopic (exact) mass is 382 g/mol. The third kappa shape index (κ3) is 8.47. The number of likely N-dealkylation sites (tertiary alicyclic amines) is 1. The van der Waals surface area contributed by atoms with Crippen LogP contribution in [0.2, 0.25) is 0 Å². The first kappa shape index (κ1) is 20.6. The Hall–Kier alpha value is -0.720. The molecule has 0 spiro atoms. The summed E-state index contributed by atoms with van der Waals surface area (Å²) in [5.74, 6) is 2.97. The van der Waals surface area contributed by atoms with Gasteiger partial charge in [0.1, 0.15) is 0 Å². The zero-order chi connectivity index (χ0) is 17.7. The molecular formula is C19H34N4S2. The van der Waals surface area contributed by atoms with Gasteiger partial charge in [0.15, 0.2) is 5.96 Å². The molecule has 142 valence electrons. The molecule has 1 aliphatic heterocycles. The topological polar surface area (TPSA) is 39.7 Å². The number of hydrogen-bond acceptors (Lipinski definition) is 4. The van der Waals surface area contributed by atoms with Gasteiger partial charge in [-0.25, -0.2) is 0 Å². The number of piperidine rings is 1. The molecule has 0 aliphatic carbocycles. The van der Waals surface area contributed by atoms with Crippen LogP contribution >= 0.6 is 23.1 Å². The predicted molar refractivity (Wildman–Crippen MR) is 114 cm³/mol. The van der Waals surface area contributed by atoms with Gasteiger partial charge in [0.05, 0.1) is 0 Å². The van der Waals surface area contributed by atoms with E-state index in [-0.39, 0.29) is 0 Å². The minimum Gasteiger partial charge on any atom is -0.357 e. The first-order chi connectivity index (χ1) is 12.3. The maximum Gasteiger partial charge on any atom is 0.191 e. The molecule has 1 saturated heterocycles. The highest BCUT2D eigenvalue weighted by Gasteiger charge is 2.19. The third-order valence-electron chi connectivity index (χ3n) is 4.59. The van der Waals surface area contributed by atoms with Gasteiger partial charge in [0.2, 0.25) is 0 Å². The normalized spacial score (nSPS) is 17.0. The van der Waals surface area contributed by atoms with Crippen molar-refractivity contribution in [2.24, 2.45) is 10.9 Å². The van der Waals surface area contributed by atoms with Crippen LogP contribution in [0.15, 0.2) is 22.5 Å². The van der Waals surface area contributed by atoms with Crippen molar-refractivity contribution in [3.8, 4) is 0 Å². The standard InChI is InChI=1S/C19H34N4S2/c1-3-20-19(21-10-4-5-13-24-2)22-15-17-8-11-23(12-9-17)16-18-7-6-14-25-18/h6-7,14,17H,3-5,8-13,15-16H2,1-2H3,(H2,20,21,22). The number of nitrogens with zero attached hydrogens (tertiary/aromatic N) is 2. The van der Waals surface area contributed by atoms with Crippen LogP contribution in [-0.4, -0.2) is 55.6 Å². The van der Waals surface area contributed by atoms with E-state index in [1.54, 1.807) is 0 Å². The van der Waals surface area contributed by atoms with Crippen molar-refractivity contribution in [2.45, 2.75) is 39.2 Å². The van der Waals surface area contributed by atoms with Crippen molar-refractivity contribution in [3.05, 3.63) is 22.4 Å². The van der Waals surface area contributed by atoms with E-state index in [9.17, 15) is 0 Å². The van der Waals surface area contributed by atoms with Crippen LogP contribution in [-0.2, 0) is 6.54 Å². The summed E-state index contributed by atoms with van der Waals surface area (Å²) >= 11 is 3.79. The highest BCUT2D eigenvalue weighted by molar-refractivity contribution is 7.98. The van der Waals surface area contributed by atoms with Crippen molar-refractivity contribution in [1.82, 2.24) is 15.5 Å². The van der Waals surface area contributed by atoms with Gasteiger partial charge in [-0.15, -0.1) is 11.3 Å². The van der Waals surface area contributed by atoms with Gasteiger partial charge in [-0.05, 0) is 75.1 Å². The molecule has 1 fully saturated rings. The van der Waals surface area contributed by atoms with Crippen LogP contribution in [0.5, 0.6) is 0 Å². The molecule has 0 aromatic carbocycles. The lowest BCUT2D eigenvalue weighted by molar-refractivity contribution is 0.182. The van der Waals surface area contributed by atoms with E-state index in [2.05, 4.69) is 46.2 Å². The molecule has 4 nitrogen and oxygen atoms in total. The van der Waals surface area contributed by atoms with E-state index >= 15 is 0 Å². The summed E-state index contributed by atoms with van der Waals surface area (Å²) in [7, 11) is 0. The van der Waals surface area contributed by atoms with Crippen LogP contribution < -0.4 is 10.6 Å². The first-order valence-electron chi connectivity index (χ1n) is 9.57. The highest BCUT2D eigenvalue weighted by Crippen LogP contribution is 2.20. The van der Waals surface area contributed by atoms with Gasteiger partial charge in [-0.2, -0.15) is 11.8 Å². The first-order valence-corrected chi connectivity index (χ1v) is 11.8. The van der Waals surface area contributed by atoms with Crippen LogP contribution in [0.3, 0.4) is 0 Å². The maximum atomic E-state index is 4.83. The van der Waals surface area contributed by atoms with Crippen LogP contribution in [0, 0.1) is 5.92 Å². The zero-order valence-electron chi connectivity index (χ0n) is 15.8. The van der Waals surface area contributed by atoms with E-state index < -0.39 is 0 Å². The summed E-state index contributed by atoms with van der Waals surface area (Å²) in [6.07, 6.45) is 7.19. The molecule has 0 unspecified atom stereocenters. The summed E-state index contributed by atoms with van der Waals surface area (Å²) < 4.78 is 0. The SMILES string of the molecule is CCNC(=NCC1CCN(Cc2cccs2)CC1)NCCCCSC. The second-order valence-electron chi connectivity index (χ2n) is 6.65. The van der Waals surface area contributed by atoms with Gasteiger partial charge in [0, 0.05) is 31.1 Å². The molecule has 2 rings (SSSR count). The van der Waals surface area contributed by atoms with Crippen LogP contribution in [0.25, 0.3) is 0 Å². The number of thioether (sulfide) groups is 1. The molecule has 6 heteroatoms. The van der Waals surface area contributed by atoms with Crippen molar-refractivity contribution in [3.63, 3.8) is 0 Å². The summed E-state index contributed by atoms with van der Waals surface area (Å²) in [5, 5.41) is 9.03. The number of aliphatic imine (C=N–C) groups is 1. The quantitative estimate of drug-likeness (QED) is 0.368. The lowest BCUT2D eigenvalue weighted by Gasteiger charge is -2.31. The summed E-state index contributed by atoms with van der Waals surface area (Å²) in [6.45, 7) is 8.56. The fraction of sp³-hybridized carbons (Fsp3) is 0.737. The molecule has 25 heavy (non-hydrogen) atoms. The van der Waals surface area contributed by atoms with Crippen LogP contribution in [0.1, 0.15) is 37.5 Å². The average molecular weight is 383 g/mol. The highest BCUT2D eigenvalue weighted by atomic mass is 32.2. The van der Waals surface area contributed by atoms with Gasteiger partial charge >= 0.3 is 0 Å². The molecule has 1 aliphatic rings. The number of rotatable bonds is 10. The van der Waals surface area contributed by atoms with Crippen molar-refractivity contribution in [1.29, 1.82) is 0 Å². The Morgan fingerprint density at radius 1 is 1.32 bits per heavy atom. The molecular weight excluding hydrogens is 348 g/mol. The maximum absolute atomic E-state index is 4.83. The van der Waals surface area contributed by atoms with Crippen LogP contribution in [0.4, 0.5) is 0 Å². The Kier molecular flexibility index (Phi) is 10.4. The molecule has 0 atom stereocenters. The molecule has 2 N–H and O–H groups in total. The van der Waals surface area contributed by atoms with Crippen molar-refractivity contribution in [2.75, 3.05) is 44.7 Å². The fourth-order valence-electron chi connectivity index (χ4n) is 3.09. The lowest BCUT2D eigenvalue weighted by Crippen LogP contribution is -2.39. The Morgan fingerprint density at radius 3 is 2.84 bits per heavy atom. The Bertz CT molecular complexity index is 468. The molecule has 1 aromatic rings. The molecule has 0 amide bonds. The van der Waals surface area contributed by atoms with E-state index in [1.165, 1.54) is 49.4 Å². The van der Waals surface area contributed by atoms with E-state index in [4.69, 9.17) is 4.99 Å². The minimum atomic E-state index is 0.728. The summed E-state index contributed by atoms with van der Waals surface area (Å²) in [6, 6.07) is 4.40. The Labute approximate surface area is 161 Å². The largest absolute Gasteiger partial charge is 0.357 e. The second-order valence-corrected chi connectivity index (χ2v) is 8.66. The minimum absolute atomic E-state index is 0.728. The lowest BCUT2D eigenvalue weighted by atomic mass is 9.97. The van der Waals surface area contributed by atoms with Gasteiger partial charge < -0.3 is 10.6 Å². The van der Waals surface area contributed by atoms with E-state index in [0.29, 0.717) is 0 Å². The molecule has 0 saturated carbocycles. The molecule has 0 radical (unpaired) electrons. The third-order valence-corrected chi connectivity index (χ3v) is 6.14. The Morgan fingerprint density at radius 2 is 2.16 bits per heavy atom. The summed E-state index contributed by atoms with van der Waals surface area (Å²) in [4.78, 5) is 8.90. The number of thiophene rings is 1. The molecule has 0 bridgehead atoms. The number of unbranched alkanes of at least 4 members (excludes halogenated alkanes) is 1. The molecule has 1 aromatic heterocycles. The fourth-order valence-corrected chi connectivity index (χ4v) is 4.33. The average Bonchev–Trinajstić information content (AvgIpc) is 3.13. The van der Waals surface area contributed by atoms with Gasteiger partial charge in [0.25, 0.3) is 0 Å².